The summed E-state index contributed by atoms with van der Waals surface area (Å²) in [4.78, 5) is 21.2. The third kappa shape index (κ3) is 4.33. The van der Waals surface area contributed by atoms with Crippen LogP contribution in [-0.2, 0) is 11.0 Å². The zero-order valence-electron chi connectivity index (χ0n) is 11.6. The van der Waals surface area contributed by atoms with Crippen LogP contribution < -0.4 is 0 Å². The van der Waals surface area contributed by atoms with E-state index in [9.17, 15) is 18.0 Å². The second-order valence-corrected chi connectivity index (χ2v) is 6.18. The number of rotatable bonds is 3. The Morgan fingerprint density at radius 1 is 1.33 bits per heavy atom. The van der Waals surface area contributed by atoms with Crippen molar-refractivity contribution in [2.75, 3.05) is 13.1 Å². The van der Waals surface area contributed by atoms with Crippen molar-refractivity contribution in [1.82, 2.24) is 14.9 Å². The fourth-order valence-electron chi connectivity index (χ4n) is 2.14. The smallest absolute Gasteiger partial charge is 0.342 e. The lowest BCUT2D eigenvalue weighted by Gasteiger charge is -2.28. The van der Waals surface area contributed by atoms with Crippen LogP contribution in [0.15, 0.2) is 17.4 Å². The van der Waals surface area contributed by atoms with Gasteiger partial charge in [0.2, 0.25) is 5.91 Å². The fourth-order valence-corrected chi connectivity index (χ4v) is 2.97. The molecule has 0 radical (unpaired) electrons. The standard InChI is InChI=1S/C13H16F3N3OS/c1-9(11(20)19-7-3-2-4-8-19)21-12-17-6-5-10(18-12)13(14,15)16/h5-6,9H,2-4,7-8H2,1H3. The van der Waals surface area contributed by atoms with Gasteiger partial charge >= 0.3 is 6.18 Å². The highest BCUT2D eigenvalue weighted by atomic mass is 32.2. The van der Waals surface area contributed by atoms with Crippen LogP contribution in [0.3, 0.4) is 0 Å². The van der Waals surface area contributed by atoms with Gasteiger partial charge < -0.3 is 4.90 Å². The van der Waals surface area contributed by atoms with Gasteiger partial charge in [-0.15, -0.1) is 0 Å². The molecular formula is C13H16F3N3OS. The SMILES string of the molecule is CC(Sc1nccc(C(F)(F)F)n1)C(=O)N1CCCCC1. The molecule has 1 unspecified atom stereocenters. The molecule has 1 saturated heterocycles. The van der Waals surface area contributed by atoms with E-state index in [1.807, 2.05) is 0 Å². The Hall–Kier alpha value is -1.31. The molecule has 1 atom stereocenters. The van der Waals surface area contributed by atoms with Gasteiger partial charge in [0, 0.05) is 19.3 Å². The quantitative estimate of drug-likeness (QED) is 0.635. The lowest BCUT2D eigenvalue weighted by Crippen LogP contribution is -2.40. The molecule has 0 aromatic carbocycles. The topological polar surface area (TPSA) is 46.1 Å². The summed E-state index contributed by atoms with van der Waals surface area (Å²) in [6, 6.07) is 0.821. The molecule has 0 bridgehead atoms. The Balaban J connectivity index is 2.02. The molecule has 2 heterocycles. The van der Waals surface area contributed by atoms with E-state index in [1.54, 1.807) is 11.8 Å². The number of likely N-dealkylation sites (tertiary alicyclic amines) is 1. The maximum absolute atomic E-state index is 12.6. The van der Waals surface area contributed by atoms with Crippen molar-refractivity contribution >= 4 is 17.7 Å². The van der Waals surface area contributed by atoms with E-state index in [0.29, 0.717) is 13.1 Å². The van der Waals surface area contributed by atoms with Crippen molar-refractivity contribution in [3.63, 3.8) is 0 Å². The molecule has 1 aromatic heterocycles. The van der Waals surface area contributed by atoms with Crippen LogP contribution in [0.25, 0.3) is 0 Å². The van der Waals surface area contributed by atoms with Gasteiger partial charge in [-0.25, -0.2) is 9.97 Å². The molecule has 0 spiro atoms. The second-order valence-electron chi connectivity index (χ2n) is 4.87. The minimum Gasteiger partial charge on any atom is -0.342 e. The fraction of sp³-hybridized carbons (Fsp3) is 0.615. The van der Waals surface area contributed by atoms with Gasteiger partial charge in [-0.1, -0.05) is 11.8 Å². The van der Waals surface area contributed by atoms with Crippen LogP contribution in [0.1, 0.15) is 31.9 Å². The van der Waals surface area contributed by atoms with Crippen LogP contribution in [0.5, 0.6) is 0 Å². The number of nitrogens with zero attached hydrogens (tertiary/aromatic N) is 3. The molecule has 4 nitrogen and oxygen atoms in total. The van der Waals surface area contributed by atoms with E-state index in [0.717, 1.165) is 43.3 Å². The summed E-state index contributed by atoms with van der Waals surface area (Å²) in [5.41, 5.74) is -0.988. The molecule has 0 N–H and O–H groups in total. The number of aromatic nitrogens is 2. The molecule has 1 fully saturated rings. The molecule has 8 heteroatoms. The van der Waals surface area contributed by atoms with Gasteiger partial charge in [-0.05, 0) is 32.3 Å². The van der Waals surface area contributed by atoms with E-state index >= 15 is 0 Å². The van der Waals surface area contributed by atoms with Crippen molar-refractivity contribution in [3.05, 3.63) is 18.0 Å². The average Bonchev–Trinajstić information content (AvgIpc) is 2.47. The third-order valence-electron chi connectivity index (χ3n) is 3.22. The predicted molar refractivity (Wildman–Crippen MR) is 72.8 cm³/mol. The number of alkyl halides is 3. The maximum atomic E-state index is 12.6. The first-order valence-corrected chi connectivity index (χ1v) is 7.61. The van der Waals surface area contributed by atoms with E-state index in [2.05, 4.69) is 9.97 Å². The highest BCUT2D eigenvalue weighted by molar-refractivity contribution is 8.00. The Labute approximate surface area is 125 Å². The lowest BCUT2D eigenvalue weighted by molar-refractivity contribution is -0.141. The average molecular weight is 319 g/mol. The number of halogens is 3. The Morgan fingerprint density at radius 3 is 2.62 bits per heavy atom. The van der Waals surface area contributed by atoms with Gasteiger partial charge in [0.1, 0.15) is 5.69 Å². The Morgan fingerprint density at radius 2 is 2.00 bits per heavy atom. The number of carbonyl (C=O) groups is 1. The van der Waals surface area contributed by atoms with Gasteiger partial charge in [0.25, 0.3) is 0 Å². The van der Waals surface area contributed by atoms with Crippen LogP contribution in [0, 0.1) is 0 Å². The monoisotopic (exact) mass is 319 g/mol. The summed E-state index contributed by atoms with van der Waals surface area (Å²) < 4.78 is 37.7. The molecule has 21 heavy (non-hydrogen) atoms. The number of hydrogen-bond donors (Lipinski definition) is 0. The Bertz CT molecular complexity index is 504. The number of carbonyl (C=O) groups excluding carboxylic acids is 1. The van der Waals surface area contributed by atoms with Crippen molar-refractivity contribution in [2.24, 2.45) is 0 Å². The number of hydrogen-bond acceptors (Lipinski definition) is 4. The molecular weight excluding hydrogens is 303 g/mol. The highest BCUT2D eigenvalue weighted by Crippen LogP contribution is 2.29. The zero-order valence-corrected chi connectivity index (χ0v) is 12.4. The molecule has 0 aliphatic carbocycles. The Kier molecular flexibility index (Phi) is 5.08. The maximum Gasteiger partial charge on any atom is 0.433 e. The van der Waals surface area contributed by atoms with E-state index in [1.165, 1.54) is 0 Å². The zero-order chi connectivity index (χ0) is 15.5. The van der Waals surface area contributed by atoms with Crippen LogP contribution in [-0.4, -0.2) is 39.1 Å². The van der Waals surface area contributed by atoms with Crippen molar-refractivity contribution in [3.8, 4) is 0 Å². The summed E-state index contributed by atoms with van der Waals surface area (Å²) in [6.45, 7) is 3.10. The number of piperidine rings is 1. The van der Waals surface area contributed by atoms with Gasteiger partial charge in [0.05, 0.1) is 5.25 Å². The second kappa shape index (κ2) is 6.64. The van der Waals surface area contributed by atoms with Crippen molar-refractivity contribution in [1.29, 1.82) is 0 Å². The van der Waals surface area contributed by atoms with E-state index < -0.39 is 17.1 Å². The van der Waals surface area contributed by atoms with Gasteiger partial charge in [-0.3, -0.25) is 4.79 Å². The predicted octanol–water partition coefficient (Wildman–Crippen LogP) is 2.99. The minimum atomic E-state index is -4.50. The lowest BCUT2D eigenvalue weighted by atomic mass is 10.1. The largest absolute Gasteiger partial charge is 0.433 e. The van der Waals surface area contributed by atoms with E-state index in [-0.39, 0.29) is 11.1 Å². The first-order valence-electron chi connectivity index (χ1n) is 6.73. The molecule has 116 valence electrons. The highest BCUT2D eigenvalue weighted by Gasteiger charge is 2.33. The van der Waals surface area contributed by atoms with Crippen LogP contribution in [0.4, 0.5) is 13.2 Å². The molecule has 2 rings (SSSR count). The first-order chi connectivity index (χ1) is 9.88. The summed E-state index contributed by atoms with van der Waals surface area (Å²) in [6.07, 6.45) is -0.372. The first kappa shape index (κ1) is 16.1. The molecule has 1 amide bonds. The molecule has 1 aliphatic rings. The number of thioether (sulfide) groups is 1. The molecule has 1 aliphatic heterocycles. The summed E-state index contributed by atoms with van der Waals surface area (Å²) in [5.74, 6) is -0.0688. The summed E-state index contributed by atoms with van der Waals surface area (Å²) >= 11 is 0.962. The van der Waals surface area contributed by atoms with Gasteiger partial charge in [-0.2, -0.15) is 13.2 Å². The molecule has 0 saturated carbocycles. The molecule has 1 aromatic rings. The third-order valence-corrected chi connectivity index (χ3v) is 4.18. The normalized spacial score (nSPS) is 17.6. The summed E-state index contributed by atoms with van der Waals surface area (Å²) in [7, 11) is 0. The van der Waals surface area contributed by atoms with Crippen molar-refractivity contribution < 1.29 is 18.0 Å². The van der Waals surface area contributed by atoms with Gasteiger partial charge in [0.15, 0.2) is 5.16 Å². The van der Waals surface area contributed by atoms with Crippen molar-refractivity contribution in [2.45, 2.75) is 42.8 Å². The summed E-state index contributed by atoms with van der Waals surface area (Å²) in [5, 5.41) is -0.519. The van der Waals surface area contributed by atoms with Crippen LogP contribution >= 0.6 is 11.8 Å². The number of amides is 1. The minimum absolute atomic E-state index is 0.0253. The van der Waals surface area contributed by atoms with Crippen LogP contribution in [0.2, 0.25) is 0 Å². The van der Waals surface area contributed by atoms with E-state index in [4.69, 9.17) is 0 Å².